The van der Waals surface area contributed by atoms with Gasteiger partial charge in [0.1, 0.15) is 0 Å². The third-order valence-electron chi connectivity index (χ3n) is 4.95. The van der Waals surface area contributed by atoms with Crippen LogP contribution in [-0.4, -0.2) is 39.0 Å². The molecule has 0 spiro atoms. The van der Waals surface area contributed by atoms with E-state index in [9.17, 15) is 14.7 Å². The number of aliphatic carboxylic acids is 1. The average Bonchev–Trinajstić information content (AvgIpc) is 3.31. The van der Waals surface area contributed by atoms with Gasteiger partial charge in [-0.2, -0.15) is 5.10 Å². The fourth-order valence-corrected chi connectivity index (χ4v) is 3.84. The molecule has 1 aromatic carbocycles. The number of aromatic nitrogens is 2. The van der Waals surface area contributed by atoms with E-state index in [1.807, 2.05) is 30.3 Å². The van der Waals surface area contributed by atoms with E-state index in [0.29, 0.717) is 18.7 Å². The van der Waals surface area contributed by atoms with Crippen molar-refractivity contribution in [2.24, 2.45) is 11.8 Å². The number of carbonyl (C=O) groups is 2. The van der Waals surface area contributed by atoms with Crippen LogP contribution in [0.2, 0.25) is 0 Å². The number of carbonyl (C=O) groups excluding carboxylic acids is 1. The van der Waals surface area contributed by atoms with Gasteiger partial charge < -0.3 is 15.2 Å². The van der Waals surface area contributed by atoms with Gasteiger partial charge in [-0.3, -0.25) is 14.3 Å². The Hall–Kier alpha value is -2.67. The SMILES string of the molecule is O=C(O)[C@@H]1[C@H](C(=O)Nc2cnn(Cc3ccccc3)c2)[C@H]2CC[C@@H]1O2. The van der Waals surface area contributed by atoms with Crippen LogP contribution < -0.4 is 5.32 Å². The summed E-state index contributed by atoms with van der Waals surface area (Å²) in [6.07, 6.45) is 4.11. The molecule has 2 saturated heterocycles. The van der Waals surface area contributed by atoms with Crippen molar-refractivity contribution in [3.63, 3.8) is 0 Å². The minimum atomic E-state index is -0.966. The highest BCUT2D eigenvalue weighted by Crippen LogP contribution is 2.44. The summed E-state index contributed by atoms with van der Waals surface area (Å²) in [5.41, 5.74) is 1.67. The third-order valence-corrected chi connectivity index (χ3v) is 4.95. The topological polar surface area (TPSA) is 93.5 Å². The Morgan fingerprint density at radius 3 is 2.64 bits per heavy atom. The molecule has 2 fully saturated rings. The smallest absolute Gasteiger partial charge is 0.310 e. The van der Waals surface area contributed by atoms with E-state index in [1.165, 1.54) is 0 Å². The van der Waals surface area contributed by atoms with Crippen molar-refractivity contribution in [2.45, 2.75) is 31.6 Å². The molecule has 130 valence electrons. The number of benzene rings is 1. The Bertz CT molecular complexity index is 789. The van der Waals surface area contributed by atoms with Crippen molar-refractivity contribution in [1.29, 1.82) is 0 Å². The number of ether oxygens (including phenoxy) is 1. The molecule has 0 saturated carbocycles. The highest BCUT2D eigenvalue weighted by Gasteiger charge is 2.55. The molecular weight excluding hydrogens is 322 g/mol. The molecular formula is C18H19N3O4. The summed E-state index contributed by atoms with van der Waals surface area (Å²) in [7, 11) is 0. The predicted molar refractivity (Wildman–Crippen MR) is 88.9 cm³/mol. The Morgan fingerprint density at radius 1 is 1.20 bits per heavy atom. The summed E-state index contributed by atoms with van der Waals surface area (Å²) in [6.45, 7) is 0.603. The summed E-state index contributed by atoms with van der Waals surface area (Å²) >= 11 is 0. The minimum absolute atomic E-state index is 0.300. The van der Waals surface area contributed by atoms with Crippen molar-refractivity contribution < 1.29 is 19.4 Å². The monoisotopic (exact) mass is 341 g/mol. The number of rotatable bonds is 5. The molecule has 1 amide bonds. The van der Waals surface area contributed by atoms with Gasteiger partial charge in [-0.25, -0.2) is 0 Å². The Balaban J connectivity index is 1.44. The van der Waals surface area contributed by atoms with E-state index in [-0.39, 0.29) is 18.1 Å². The fraction of sp³-hybridized carbons (Fsp3) is 0.389. The number of fused-ring (bicyclic) bond motifs is 2. The van der Waals surface area contributed by atoms with E-state index in [0.717, 1.165) is 12.0 Å². The lowest BCUT2D eigenvalue weighted by atomic mass is 9.78. The molecule has 0 radical (unpaired) electrons. The van der Waals surface area contributed by atoms with Crippen LogP contribution in [0.4, 0.5) is 5.69 Å². The van der Waals surface area contributed by atoms with Crippen LogP contribution in [0, 0.1) is 11.8 Å². The zero-order chi connectivity index (χ0) is 17.4. The zero-order valence-corrected chi connectivity index (χ0v) is 13.5. The first-order valence-electron chi connectivity index (χ1n) is 8.37. The van der Waals surface area contributed by atoms with E-state index in [1.54, 1.807) is 17.1 Å². The number of carboxylic acids is 1. The Morgan fingerprint density at radius 2 is 1.92 bits per heavy atom. The van der Waals surface area contributed by atoms with Gasteiger partial charge in [0.25, 0.3) is 0 Å². The lowest BCUT2D eigenvalue weighted by Gasteiger charge is -2.23. The maximum Gasteiger partial charge on any atom is 0.310 e. The number of nitrogens with zero attached hydrogens (tertiary/aromatic N) is 2. The molecule has 2 aliphatic rings. The summed E-state index contributed by atoms with van der Waals surface area (Å²) < 4.78 is 7.37. The Kier molecular flexibility index (Phi) is 4.01. The van der Waals surface area contributed by atoms with Crippen LogP contribution in [0.1, 0.15) is 18.4 Å². The second-order valence-corrected chi connectivity index (χ2v) is 6.58. The molecule has 0 aliphatic carbocycles. The highest BCUT2D eigenvalue weighted by atomic mass is 16.5. The molecule has 2 aromatic rings. The second-order valence-electron chi connectivity index (χ2n) is 6.58. The quantitative estimate of drug-likeness (QED) is 0.864. The molecule has 2 N–H and O–H groups in total. The average molecular weight is 341 g/mol. The van der Waals surface area contributed by atoms with Crippen LogP contribution in [0.15, 0.2) is 42.7 Å². The van der Waals surface area contributed by atoms with Gasteiger partial charge in [-0.05, 0) is 18.4 Å². The molecule has 4 atom stereocenters. The molecule has 3 heterocycles. The van der Waals surface area contributed by atoms with E-state index < -0.39 is 17.8 Å². The minimum Gasteiger partial charge on any atom is -0.481 e. The van der Waals surface area contributed by atoms with Crippen LogP contribution >= 0.6 is 0 Å². The van der Waals surface area contributed by atoms with Gasteiger partial charge in [0.2, 0.25) is 5.91 Å². The van der Waals surface area contributed by atoms with Crippen molar-refractivity contribution in [2.75, 3.05) is 5.32 Å². The molecule has 1 aromatic heterocycles. The first-order valence-corrected chi connectivity index (χ1v) is 8.37. The second kappa shape index (κ2) is 6.33. The third kappa shape index (κ3) is 3.02. The number of carboxylic acid groups (broad SMARTS) is 1. The zero-order valence-electron chi connectivity index (χ0n) is 13.5. The van der Waals surface area contributed by atoms with Gasteiger partial charge >= 0.3 is 5.97 Å². The van der Waals surface area contributed by atoms with E-state index >= 15 is 0 Å². The maximum atomic E-state index is 12.6. The van der Waals surface area contributed by atoms with Crippen LogP contribution in [0.25, 0.3) is 0 Å². The van der Waals surface area contributed by atoms with Crippen LogP contribution in [0.3, 0.4) is 0 Å². The molecule has 2 bridgehead atoms. The summed E-state index contributed by atoms with van der Waals surface area (Å²) in [5.74, 6) is -2.68. The molecule has 25 heavy (non-hydrogen) atoms. The van der Waals surface area contributed by atoms with Crippen molar-refractivity contribution in [1.82, 2.24) is 9.78 Å². The first kappa shape index (κ1) is 15.8. The summed E-state index contributed by atoms with van der Waals surface area (Å²) in [4.78, 5) is 24.1. The van der Waals surface area contributed by atoms with Crippen LogP contribution in [-0.2, 0) is 20.9 Å². The number of anilines is 1. The molecule has 2 aliphatic heterocycles. The number of hydrogen-bond acceptors (Lipinski definition) is 4. The molecule has 4 rings (SSSR count). The van der Waals surface area contributed by atoms with Gasteiger partial charge in [-0.1, -0.05) is 30.3 Å². The number of nitrogens with one attached hydrogen (secondary N) is 1. The number of amides is 1. The molecule has 7 heteroatoms. The molecule has 7 nitrogen and oxygen atoms in total. The summed E-state index contributed by atoms with van der Waals surface area (Å²) in [6, 6.07) is 9.88. The van der Waals surface area contributed by atoms with E-state index in [2.05, 4.69) is 10.4 Å². The molecule has 0 unspecified atom stereocenters. The maximum absolute atomic E-state index is 12.6. The van der Waals surface area contributed by atoms with Crippen molar-refractivity contribution in [3.05, 3.63) is 48.3 Å². The predicted octanol–water partition coefficient (Wildman–Crippen LogP) is 1.75. The van der Waals surface area contributed by atoms with Crippen LogP contribution in [0.5, 0.6) is 0 Å². The highest BCUT2D eigenvalue weighted by molar-refractivity contribution is 5.96. The standard InChI is InChI=1S/C18H19N3O4/c22-17(15-13-6-7-14(25-13)16(15)18(23)24)20-12-8-19-21(10-12)9-11-4-2-1-3-5-11/h1-5,8,10,13-16H,6-7,9H2,(H,20,22)(H,23,24)/t13-,14+,15-,16+/m1/s1. The largest absolute Gasteiger partial charge is 0.481 e. The lowest BCUT2D eigenvalue weighted by molar-refractivity contribution is -0.147. The summed E-state index contributed by atoms with van der Waals surface area (Å²) in [5, 5.41) is 16.5. The van der Waals surface area contributed by atoms with Crippen molar-refractivity contribution in [3.8, 4) is 0 Å². The van der Waals surface area contributed by atoms with Gasteiger partial charge in [-0.15, -0.1) is 0 Å². The van der Waals surface area contributed by atoms with Gasteiger partial charge in [0.05, 0.1) is 42.5 Å². The fourth-order valence-electron chi connectivity index (χ4n) is 3.84. The normalized spacial score (nSPS) is 27.4. The van der Waals surface area contributed by atoms with Gasteiger partial charge in [0, 0.05) is 6.20 Å². The van der Waals surface area contributed by atoms with Gasteiger partial charge in [0.15, 0.2) is 0 Å². The van der Waals surface area contributed by atoms with E-state index in [4.69, 9.17) is 4.74 Å². The first-order chi connectivity index (χ1) is 12.1. The number of hydrogen-bond donors (Lipinski definition) is 2. The Labute approximate surface area is 144 Å². The lowest BCUT2D eigenvalue weighted by Crippen LogP contribution is -2.40. The van der Waals surface area contributed by atoms with Crippen molar-refractivity contribution >= 4 is 17.6 Å².